The Morgan fingerprint density at radius 1 is 0.444 bits per heavy atom. The Kier molecular flexibility index (Phi) is 5.74. The molecule has 1 aromatic heterocycles. The first-order valence-electron chi connectivity index (χ1n) is 11.7. The summed E-state index contributed by atoms with van der Waals surface area (Å²) in [5.41, 5.74) is 8.17. The van der Waals surface area contributed by atoms with Gasteiger partial charge < -0.3 is 0 Å². The first-order chi connectivity index (χ1) is 17.9. The van der Waals surface area contributed by atoms with E-state index in [-0.39, 0.29) is 0 Å². The highest BCUT2D eigenvalue weighted by molar-refractivity contribution is 6.02. The van der Waals surface area contributed by atoms with Gasteiger partial charge in [-0.25, -0.2) is 0 Å². The summed E-state index contributed by atoms with van der Waals surface area (Å²) in [5.74, 6) is 1.15. The maximum absolute atomic E-state index is 4.45. The molecule has 0 aliphatic rings. The molecule has 0 atom stereocenters. The predicted molar refractivity (Wildman–Crippen MR) is 150 cm³/mol. The Morgan fingerprint density at radius 2 is 0.833 bits per heavy atom. The zero-order valence-electron chi connectivity index (χ0n) is 19.3. The number of hydrogen-bond acceptors (Lipinski definition) is 6. The minimum Gasteiger partial charge on any atom is -0.259 e. The molecule has 0 radical (unpaired) electrons. The van der Waals surface area contributed by atoms with Gasteiger partial charge in [-0.15, -0.1) is 10.2 Å². The molecule has 0 aliphatic heterocycles. The fourth-order valence-electron chi connectivity index (χ4n) is 4.32. The average Bonchev–Trinajstić information content (AvgIpc) is 2.94. The van der Waals surface area contributed by atoms with Crippen LogP contribution in [0.25, 0.3) is 32.3 Å². The van der Waals surface area contributed by atoms with E-state index in [1.165, 1.54) is 10.8 Å². The van der Waals surface area contributed by atoms with Crippen LogP contribution in [-0.4, -0.2) is 22.6 Å². The molecule has 0 bridgehead atoms. The molecule has 5 aromatic carbocycles. The van der Waals surface area contributed by atoms with E-state index in [1.807, 2.05) is 72.8 Å². The molecule has 0 saturated carbocycles. The Hall–Kier alpha value is -5.10. The maximum Gasteiger partial charge on any atom is 0.176 e. The van der Waals surface area contributed by atoms with E-state index in [1.54, 1.807) is 12.4 Å². The molecule has 0 aliphatic carbocycles. The van der Waals surface area contributed by atoms with Gasteiger partial charge in [0.25, 0.3) is 0 Å². The third kappa shape index (κ3) is 4.23. The molecule has 0 spiro atoms. The number of benzene rings is 5. The number of hydrogen-bond donors (Lipinski definition) is 2. The summed E-state index contributed by atoms with van der Waals surface area (Å²) in [7, 11) is 0. The van der Waals surface area contributed by atoms with Gasteiger partial charge in [-0.3, -0.25) is 10.9 Å². The van der Waals surface area contributed by atoms with Crippen molar-refractivity contribution in [3.8, 4) is 0 Å². The number of fused-ring (bicyclic) bond motifs is 3. The van der Waals surface area contributed by atoms with E-state index in [4.69, 9.17) is 0 Å². The minimum atomic E-state index is 0.575. The van der Waals surface area contributed by atoms with Crippen LogP contribution in [0.1, 0.15) is 11.1 Å². The second-order valence-corrected chi connectivity index (χ2v) is 8.32. The molecule has 0 saturated heterocycles. The van der Waals surface area contributed by atoms with Crippen LogP contribution in [-0.2, 0) is 0 Å². The summed E-state index contributed by atoms with van der Waals surface area (Å²) in [4.78, 5) is 0. The van der Waals surface area contributed by atoms with Gasteiger partial charge in [-0.05, 0) is 21.5 Å². The summed E-state index contributed by atoms with van der Waals surface area (Å²) in [6.07, 6.45) is 3.61. The van der Waals surface area contributed by atoms with Crippen LogP contribution in [0.5, 0.6) is 0 Å². The largest absolute Gasteiger partial charge is 0.259 e. The van der Waals surface area contributed by atoms with Crippen molar-refractivity contribution in [2.45, 2.75) is 0 Å². The van der Waals surface area contributed by atoms with Gasteiger partial charge in [0.2, 0.25) is 0 Å². The average molecular weight is 467 g/mol. The SMILES string of the molecule is C(=N/Nc1nnc(N/N=C\c2cccc3ccccc23)c2ccccc12)/c1cccc2ccccc12. The Morgan fingerprint density at radius 3 is 1.31 bits per heavy atom. The fourth-order valence-corrected chi connectivity index (χ4v) is 4.32. The summed E-state index contributed by atoms with van der Waals surface area (Å²) in [5, 5.41) is 24.0. The maximum atomic E-state index is 4.45. The van der Waals surface area contributed by atoms with Gasteiger partial charge >= 0.3 is 0 Å². The quantitative estimate of drug-likeness (QED) is 0.208. The molecule has 2 N–H and O–H groups in total. The molecule has 6 aromatic rings. The van der Waals surface area contributed by atoms with Crippen molar-refractivity contribution in [3.63, 3.8) is 0 Å². The van der Waals surface area contributed by atoms with Crippen molar-refractivity contribution in [1.82, 2.24) is 10.2 Å². The van der Waals surface area contributed by atoms with Crippen LogP contribution < -0.4 is 10.9 Å². The summed E-state index contributed by atoms with van der Waals surface area (Å²) in [6, 6.07) is 36.7. The van der Waals surface area contributed by atoms with Gasteiger partial charge in [0.1, 0.15) is 0 Å². The Balaban J connectivity index is 1.25. The molecule has 0 unspecified atom stereocenters. The van der Waals surface area contributed by atoms with Crippen molar-refractivity contribution < 1.29 is 0 Å². The summed E-state index contributed by atoms with van der Waals surface area (Å²) < 4.78 is 0. The van der Waals surface area contributed by atoms with E-state index in [0.29, 0.717) is 11.6 Å². The van der Waals surface area contributed by atoms with E-state index in [9.17, 15) is 0 Å². The first kappa shape index (κ1) is 21.4. The lowest BCUT2D eigenvalue weighted by atomic mass is 10.1. The Bertz CT molecular complexity index is 1620. The van der Waals surface area contributed by atoms with Crippen LogP contribution in [0, 0.1) is 0 Å². The van der Waals surface area contributed by atoms with E-state index < -0.39 is 0 Å². The van der Waals surface area contributed by atoms with Crippen LogP contribution in [0.2, 0.25) is 0 Å². The molecular formula is C30H22N6. The van der Waals surface area contributed by atoms with Crippen LogP contribution in [0.3, 0.4) is 0 Å². The number of nitrogens with zero attached hydrogens (tertiary/aromatic N) is 4. The van der Waals surface area contributed by atoms with Gasteiger partial charge in [0, 0.05) is 21.9 Å². The molecule has 1 heterocycles. The van der Waals surface area contributed by atoms with Crippen molar-refractivity contribution in [2.24, 2.45) is 10.2 Å². The van der Waals surface area contributed by atoms with Crippen molar-refractivity contribution in [1.29, 1.82) is 0 Å². The van der Waals surface area contributed by atoms with Gasteiger partial charge in [0.15, 0.2) is 11.6 Å². The third-order valence-electron chi connectivity index (χ3n) is 6.08. The van der Waals surface area contributed by atoms with Gasteiger partial charge in [0.05, 0.1) is 12.4 Å². The molecule has 0 amide bonds. The standard InChI is InChI=1S/C30H22N6/c1-3-15-25-21(9-1)11-7-13-23(25)19-31-33-29-27-17-5-6-18-28(27)30(36-35-29)34-32-20-24-14-8-12-22-10-2-4-16-26(22)24/h1-20H,(H,33,35)(H,34,36)/b31-19-,32-20-. The third-order valence-corrected chi connectivity index (χ3v) is 6.08. The lowest BCUT2D eigenvalue weighted by Crippen LogP contribution is -2.01. The second kappa shape index (κ2) is 9.64. The van der Waals surface area contributed by atoms with E-state index in [2.05, 4.69) is 67.6 Å². The monoisotopic (exact) mass is 466 g/mol. The molecule has 6 nitrogen and oxygen atoms in total. The van der Waals surface area contributed by atoms with E-state index >= 15 is 0 Å². The number of hydrazone groups is 2. The van der Waals surface area contributed by atoms with E-state index in [0.717, 1.165) is 32.7 Å². The first-order valence-corrected chi connectivity index (χ1v) is 11.7. The minimum absolute atomic E-state index is 0.575. The van der Waals surface area contributed by atoms with Crippen molar-refractivity contribution in [2.75, 3.05) is 10.9 Å². The summed E-state index contributed by atoms with van der Waals surface area (Å²) in [6.45, 7) is 0. The summed E-state index contributed by atoms with van der Waals surface area (Å²) >= 11 is 0. The van der Waals surface area contributed by atoms with Gasteiger partial charge in [-0.2, -0.15) is 10.2 Å². The van der Waals surface area contributed by atoms with Gasteiger partial charge in [-0.1, -0.05) is 109 Å². The van der Waals surface area contributed by atoms with Crippen LogP contribution in [0.4, 0.5) is 11.6 Å². The number of rotatable bonds is 6. The van der Waals surface area contributed by atoms with Crippen molar-refractivity contribution in [3.05, 3.63) is 120 Å². The van der Waals surface area contributed by atoms with Crippen molar-refractivity contribution >= 4 is 56.4 Å². The lowest BCUT2D eigenvalue weighted by Gasteiger charge is -2.08. The lowest BCUT2D eigenvalue weighted by molar-refractivity contribution is 1.03. The highest BCUT2D eigenvalue weighted by Crippen LogP contribution is 2.26. The highest BCUT2D eigenvalue weighted by Gasteiger charge is 2.08. The molecule has 172 valence electrons. The second-order valence-electron chi connectivity index (χ2n) is 8.32. The number of aromatic nitrogens is 2. The number of nitrogens with one attached hydrogen (secondary N) is 2. The van der Waals surface area contributed by atoms with Crippen LogP contribution in [0.15, 0.2) is 119 Å². The fraction of sp³-hybridized carbons (Fsp3) is 0. The number of anilines is 2. The molecular weight excluding hydrogens is 444 g/mol. The highest BCUT2D eigenvalue weighted by atomic mass is 15.4. The zero-order chi connectivity index (χ0) is 24.2. The molecule has 36 heavy (non-hydrogen) atoms. The van der Waals surface area contributed by atoms with Crippen LogP contribution >= 0.6 is 0 Å². The molecule has 0 fully saturated rings. The zero-order valence-corrected chi connectivity index (χ0v) is 19.3. The predicted octanol–water partition coefficient (Wildman–Crippen LogP) is 6.83. The topological polar surface area (TPSA) is 74.6 Å². The molecule has 6 rings (SSSR count). The Labute approximate surface area is 208 Å². The smallest absolute Gasteiger partial charge is 0.176 e. The normalized spacial score (nSPS) is 11.7. The molecule has 6 heteroatoms.